The maximum absolute atomic E-state index is 11.7. The van der Waals surface area contributed by atoms with E-state index in [-0.39, 0.29) is 12.3 Å². The first-order chi connectivity index (χ1) is 9.13. The molecule has 1 amide bonds. The fraction of sp³-hybridized carbons (Fsp3) is 0.538. The Morgan fingerprint density at radius 3 is 2.84 bits per heavy atom. The molecule has 1 aromatic heterocycles. The van der Waals surface area contributed by atoms with Crippen molar-refractivity contribution in [2.24, 2.45) is 0 Å². The number of nitrogens with zero attached hydrogens (tertiary/aromatic N) is 2. The molecule has 6 nitrogen and oxygen atoms in total. The van der Waals surface area contributed by atoms with Crippen LogP contribution in [0, 0.1) is 0 Å². The molecular formula is C13H19N3O3. The number of carboxylic acids is 1. The Morgan fingerprint density at radius 2 is 2.26 bits per heavy atom. The van der Waals surface area contributed by atoms with E-state index >= 15 is 0 Å². The standard InChI is InChI=1S/C13H19N3O3/c1-2-3-4-11(13(18)19)16-12(17)6-5-10-7-8-14-9-15-10/h7-9,11H,2-6H2,1H3,(H,16,17)(H,18,19). The van der Waals surface area contributed by atoms with Gasteiger partial charge in [-0.3, -0.25) is 4.79 Å². The summed E-state index contributed by atoms with van der Waals surface area (Å²) in [6.45, 7) is 1.98. The fourth-order valence-electron chi connectivity index (χ4n) is 1.64. The number of rotatable bonds is 8. The third-order valence-electron chi connectivity index (χ3n) is 2.73. The van der Waals surface area contributed by atoms with Crippen molar-refractivity contribution in [3.8, 4) is 0 Å². The van der Waals surface area contributed by atoms with E-state index in [1.165, 1.54) is 6.33 Å². The highest BCUT2D eigenvalue weighted by Crippen LogP contribution is 2.03. The Kier molecular flexibility index (Phi) is 6.49. The molecule has 0 radical (unpaired) electrons. The second-order valence-corrected chi connectivity index (χ2v) is 4.30. The van der Waals surface area contributed by atoms with Crippen LogP contribution in [-0.2, 0) is 16.0 Å². The molecule has 1 rings (SSSR count). The van der Waals surface area contributed by atoms with Gasteiger partial charge in [-0.05, 0) is 18.9 Å². The zero-order valence-electron chi connectivity index (χ0n) is 11.0. The maximum Gasteiger partial charge on any atom is 0.326 e. The summed E-state index contributed by atoms with van der Waals surface area (Å²) in [5.74, 6) is -1.24. The van der Waals surface area contributed by atoms with Crippen LogP contribution in [0.5, 0.6) is 0 Å². The van der Waals surface area contributed by atoms with Crippen LogP contribution in [0.1, 0.15) is 38.3 Å². The van der Waals surface area contributed by atoms with E-state index in [1.54, 1.807) is 12.3 Å². The quantitative estimate of drug-likeness (QED) is 0.736. The number of carbonyl (C=O) groups excluding carboxylic acids is 1. The number of carboxylic acid groups (broad SMARTS) is 1. The fourth-order valence-corrected chi connectivity index (χ4v) is 1.64. The van der Waals surface area contributed by atoms with E-state index in [4.69, 9.17) is 5.11 Å². The zero-order valence-corrected chi connectivity index (χ0v) is 11.0. The largest absolute Gasteiger partial charge is 0.480 e. The molecule has 0 aromatic carbocycles. The number of aryl methyl sites for hydroxylation is 1. The summed E-state index contributed by atoms with van der Waals surface area (Å²) >= 11 is 0. The highest BCUT2D eigenvalue weighted by molar-refractivity contribution is 5.83. The third kappa shape index (κ3) is 5.94. The van der Waals surface area contributed by atoms with Gasteiger partial charge in [-0.2, -0.15) is 0 Å². The first-order valence-corrected chi connectivity index (χ1v) is 6.40. The predicted octanol–water partition coefficient (Wildman–Crippen LogP) is 1.17. The van der Waals surface area contributed by atoms with E-state index in [2.05, 4.69) is 15.3 Å². The van der Waals surface area contributed by atoms with Gasteiger partial charge in [0.15, 0.2) is 0 Å². The van der Waals surface area contributed by atoms with Gasteiger partial charge in [0.1, 0.15) is 12.4 Å². The Labute approximate surface area is 112 Å². The van der Waals surface area contributed by atoms with Crippen LogP contribution >= 0.6 is 0 Å². The first kappa shape index (κ1) is 15.1. The second-order valence-electron chi connectivity index (χ2n) is 4.30. The molecule has 0 saturated heterocycles. The Balaban J connectivity index is 2.38. The van der Waals surface area contributed by atoms with Crippen LogP contribution in [0.3, 0.4) is 0 Å². The molecule has 1 unspecified atom stereocenters. The highest BCUT2D eigenvalue weighted by atomic mass is 16.4. The SMILES string of the molecule is CCCCC(NC(=O)CCc1ccncn1)C(=O)O. The summed E-state index contributed by atoms with van der Waals surface area (Å²) in [6.07, 6.45) is 5.90. The van der Waals surface area contributed by atoms with Crippen molar-refractivity contribution in [1.82, 2.24) is 15.3 Å². The minimum atomic E-state index is -0.983. The molecule has 1 atom stereocenters. The Hall–Kier alpha value is -1.98. The third-order valence-corrected chi connectivity index (χ3v) is 2.73. The van der Waals surface area contributed by atoms with Gasteiger partial charge in [-0.25, -0.2) is 14.8 Å². The molecular weight excluding hydrogens is 246 g/mol. The van der Waals surface area contributed by atoms with Crippen LogP contribution in [-0.4, -0.2) is 33.0 Å². The van der Waals surface area contributed by atoms with Crippen LogP contribution in [0.15, 0.2) is 18.6 Å². The minimum Gasteiger partial charge on any atom is -0.480 e. The average Bonchev–Trinajstić information content (AvgIpc) is 2.42. The van der Waals surface area contributed by atoms with Crippen molar-refractivity contribution in [3.05, 3.63) is 24.3 Å². The number of hydrogen-bond donors (Lipinski definition) is 2. The number of aromatic nitrogens is 2. The zero-order chi connectivity index (χ0) is 14.1. The van der Waals surface area contributed by atoms with Gasteiger partial charge in [0.05, 0.1) is 0 Å². The van der Waals surface area contributed by atoms with Crippen molar-refractivity contribution in [3.63, 3.8) is 0 Å². The molecule has 0 aliphatic carbocycles. The van der Waals surface area contributed by atoms with Crippen molar-refractivity contribution in [1.29, 1.82) is 0 Å². The number of aliphatic carboxylic acids is 1. The molecule has 0 bridgehead atoms. The number of hydrogen-bond acceptors (Lipinski definition) is 4. The van der Waals surface area contributed by atoms with Crippen molar-refractivity contribution in [2.45, 2.75) is 45.1 Å². The summed E-state index contributed by atoms with van der Waals surface area (Å²) in [4.78, 5) is 30.5. The maximum atomic E-state index is 11.7. The van der Waals surface area contributed by atoms with Gasteiger partial charge in [-0.15, -0.1) is 0 Å². The molecule has 0 spiro atoms. The number of nitrogens with one attached hydrogen (secondary N) is 1. The molecule has 0 aliphatic rings. The van der Waals surface area contributed by atoms with Crippen molar-refractivity contribution in [2.75, 3.05) is 0 Å². The van der Waals surface area contributed by atoms with Crippen molar-refractivity contribution >= 4 is 11.9 Å². The highest BCUT2D eigenvalue weighted by Gasteiger charge is 2.18. The summed E-state index contributed by atoms with van der Waals surface area (Å²) in [5, 5.41) is 11.5. The van der Waals surface area contributed by atoms with E-state index in [0.717, 1.165) is 18.5 Å². The van der Waals surface area contributed by atoms with Gasteiger partial charge in [0, 0.05) is 18.3 Å². The Morgan fingerprint density at radius 1 is 1.47 bits per heavy atom. The van der Waals surface area contributed by atoms with Crippen LogP contribution in [0.4, 0.5) is 0 Å². The van der Waals surface area contributed by atoms with Gasteiger partial charge >= 0.3 is 5.97 Å². The lowest BCUT2D eigenvalue weighted by molar-refractivity contribution is -0.142. The summed E-state index contributed by atoms with van der Waals surface area (Å²) < 4.78 is 0. The molecule has 19 heavy (non-hydrogen) atoms. The lowest BCUT2D eigenvalue weighted by Crippen LogP contribution is -2.40. The lowest BCUT2D eigenvalue weighted by atomic mass is 10.1. The van der Waals surface area contributed by atoms with Gasteiger partial charge in [0.25, 0.3) is 0 Å². The van der Waals surface area contributed by atoms with Gasteiger partial charge < -0.3 is 10.4 Å². The number of amides is 1. The minimum absolute atomic E-state index is 0.229. The topological polar surface area (TPSA) is 92.2 Å². The molecule has 0 fully saturated rings. The molecule has 2 N–H and O–H groups in total. The number of unbranched alkanes of at least 4 members (excludes halogenated alkanes) is 1. The predicted molar refractivity (Wildman–Crippen MR) is 69.4 cm³/mol. The van der Waals surface area contributed by atoms with E-state index < -0.39 is 12.0 Å². The van der Waals surface area contributed by atoms with E-state index in [9.17, 15) is 9.59 Å². The van der Waals surface area contributed by atoms with Crippen LogP contribution in [0.25, 0.3) is 0 Å². The van der Waals surface area contributed by atoms with Gasteiger partial charge in [-0.1, -0.05) is 19.8 Å². The van der Waals surface area contributed by atoms with E-state index in [1.807, 2.05) is 6.92 Å². The molecule has 0 aliphatic heterocycles. The molecule has 0 saturated carbocycles. The molecule has 6 heteroatoms. The molecule has 104 valence electrons. The second kappa shape index (κ2) is 8.18. The number of carbonyl (C=O) groups is 2. The smallest absolute Gasteiger partial charge is 0.326 e. The molecule has 1 heterocycles. The van der Waals surface area contributed by atoms with Crippen LogP contribution < -0.4 is 5.32 Å². The van der Waals surface area contributed by atoms with Crippen molar-refractivity contribution < 1.29 is 14.7 Å². The lowest BCUT2D eigenvalue weighted by Gasteiger charge is -2.13. The summed E-state index contributed by atoms with van der Waals surface area (Å²) in [6, 6.07) is 0.942. The van der Waals surface area contributed by atoms with Gasteiger partial charge in [0.2, 0.25) is 5.91 Å². The Bertz CT molecular complexity index is 409. The van der Waals surface area contributed by atoms with E-state index in [0.29, 0.717) is 12.8 Å². The monoisotopic (exact) mass is 265 g/mol. The normalized spacial score (nSPS) is 11.8. The molecule has 1 aromatic rings. The first-order valence-electron chi connectivity index (χ1n) is 6.40. The summed E-state index contributed by atoms with van der Waals surface area (Å²) in [7, 11) is 0. The van der Waals surface area contributed by atoms with Crippen LogP contribution in [0.2, 0.25) is 0 Å². The average molecular weight is 265 g/mol. The summed E-state index contributed by atoms with van der Waals surface area (Å²) in [5.41, 5.74) is 0.769.